The predicted octanol–water partition coefficient (Wildman–Crippen LogP) is 1.92. The van der Waals surface area contributed by atoms with Crippen LogP contribution in [0.1, 0.15) is 40.0 Å². The Hall–Kier alpha value is -0.380. The van der Waals surface area contributed by atoms with E-state index < -0.39 is 19.0 Å². The quantitative estimate of drug-likeness (QED) is 0.411. The lowest BCUT2D eigenvalue weighted by atomic mass is 9.90. The van der Waals surface area contributed by atoms with E-state index in [0.717, 1.165) is 12.8 Å². The summed E-state index contributed by atoms with van der Waals surface area (Å²) in [5, 5.41) is 0. The monoisotopic (exact) mass is 252 g/mol. The van der Waals surface area contributed by atoms with Gasteiger partial charge in [-0.25, -0.2) is 0 Å². The third-order valence-electron chi connectivity index (χ3n) is 2.31. The summed E-state index contributed by atoms with van der Waals surface area (Å²) in [5.41, 5.74) is -0.838. The van der Waals surface area contributed by atoms with Crippen molar-refractivity contribution in [2.24, 2.45) is 5.41 Å². The van der Waals surface area contributed by atoms with Gasteiger partial charge < -0.3 is 14.5 Å². The molecule has 0 saturated heterocycles. The summed E-state index contributed by atoms with van der Waals surface area (Å²) in [6.45, 7) is 5.63. The van der Waals surface area contributed by atoms with Crippen LogP contribution in [0.25, 0.3) is 0 Å². The van der Waals surface area contributed by atoms with Gasteiger partial charge >= 0.3 is 13.6 Å². The van der Waals surface area contributed by atoms with Crippen LogP contribution in [0.15, 0.2) is 0 Å². The normalized spacial score (nSPS) is 12.6. The molecule has 0 rings (SSSR count). The zero-order chi connectivity index (χ0) is 12.8. The van der Waals surface area contributed by atoms with E-state index in [0.29, 0.717) is 6.61 Å². The second-order valence-corrected chi connectivity index (χ2v) is 6.29. The van der Waals surface area contributed by atoms with E-state index in [1.807, 2.05) is 6.92 Å². The summed E-state index contributed by atoms with van der Waals surface area (Å²) in [7, 11) is -4.04. The van der Waals surface area contributed by atoms with E-state index >= 15 is 0 Å². The fourth-order valence-electron chi connectivity index (χ4n) is 1.03. The van der Waals surface area contributed by atoms with E-state index in [4.69, 9.17) is 14.5 Å². The van der Waals surface area contributed by atoms with Crippen LogP contribution in [0.2, 0.25) is 0 Å². The van der Waals surface area contributed by atoms with Crippen LogP contribution < -0.4 is 0 Å². The third kappa shape index (κ3) is 6.99. The molecule has 0 spiro atoms. The maximum Gasteiger partial charge on any atom is 0.325 e. The second kappa shape index (κ2) is 6.38. The first kappa shape index (κ1) is 15.6. The Morgan fingerprint density at radius 1 is 1.38 bits per heavy atom. The van der Waals surface area contributed by atoms with Crippen LogP contribution in [0.3, 0.4) is 0 Å². The van der Waals surface area contributed by atoms with E-state index in [-0.39, 0.29) is 12.6 Å². The standard InChI is InChI=1S/C10H21O5P/c1-4-5-7-15-9(11)10(2,3)6-8-16(12,13)14/h4-8H2,1-3H3,(H2,12,13,14). The molecule has 0 radical (unpaired) electrons. The number of carbonyl (C=O) groups is 1. The minimum absolute atomic E-state index is 0.127. The van der Waals surface area contributed by atoms with Gasteiger partial charge in [-0.15, -0.1) is 0 Å². The lowest BCUT2D eigenvalue weighted by Crippen LogP contribution is -2.28. The predicted molar refractivity (Wildman–Crippen MR) is 61.2 cm³/mol. The van der Waals surface area contributed by atoms with Crippen molar-refractivity contribution in [2.45, 2.75) is 40.0 Å². The fraction of sp³-hybridized carbons (Fsp3) is 0.900. The van der Waals surface area contributed by atoms with Gasteiger partial charge in [0.15, 0.2) is 0 Å². The molecule has 2 N–H and O–H groups in total. The first-order chi connectivity index (χ1) is 7.19. The summed E-state index contributed by atoms with van der Waals surface area (Å²) < 4.78 is 15.7. The molecule has 0 saturated carbocycles. The average molecular weight is 252 g/mol. The van der Waals surface area contributed by atoms with Gasteiger partial charge in [-0.2, -0.15) is 0 Å². The Labute approximate surface area is 96.4 Å². The lowest BCUT2D eigenvalue weighted by molar-refractivity contribution is -0.154. The molecule has 16 heavy (non-hydrogen) atoms. The molecule has 96 valence electrons. The molecule has 0 bridgehead atoms. The smallest absolute Gasteiger partial charge is 0.325 e. The summed E-state index contributed by atoms with van der Waals surface area (Å²) in [6, 6.07) is 0. The first-order valence-corrected chi connectivity index (χ1v) is 7.20. The molecule has 0 unspecified atom stereocenters. The summed E-state index contributed by atoms with van der Waals surface area (Å²) in [6.07, 6.45) is 1.58. The maximum atomic E-state index is 11.6. The Balaban J connectivity index is 4.10. The zero-order valence-electron chi connectivity index (χ0n) is 10.1. The van der Waals surface area contributed by atoms with Crippen LogP contribution in [-0.2, 0) is 14.1 Å². The van der Waals surface area contributed by atoms with E-state index in [2.05, 4.69) is 0 Å². The Kier molecular flexibility index (Phi) is 6.23. The average Bonchev–Trinajstić information content (AvgIpc) is 2.14. The van der Waals surface area contributed by atoms with E-state index in [1.54, 1.807) is 13.8 Å². The van der Waals surface area contributed by atoms with Crippen molar-refractivity contribution in [1.82, 2.24) is 0 Å². The van der Waals surface area contributed by atoms with Gasteiger partial charge in [-0.1, -0.05) is 13.3 Å². The van der Waals surface area contributed by atoms with Gasteiger partial charge in [0.2, 0.25) is 0 Å². The van der Waals surface area contributed by atoms with Crippen LogP contribution in [-0.4, -0.2) is 28.5 Å². The molecule has 0 atom stereocenters. The molecule has 5 nitrogen and oxygen atoms in total. The number of hydrogen-bond donors (Lipinski definition) is 2. The number of carbonyl (C=O) groups excluding carboxylic acids is 1. The molecule has 0 fully saturated rings. The molecule has 0 aliphatic carbocycles. The summed E-state index contributed by atoms with van der Waals surface area (Å²) in [5.74, 6) is -0.394. The topological polar surface area (TPSA) is 83.8 Å². The largest absolute Gasteiger partial charge is 0.465 e. The van der Waals surface area contributed by atoms with Gasteiger partial charge in [0.1, 0.15) is 0 Å². The molecule has 0 aromatic rings. The van der Waals surface area contributed by atoms with Crippen LogP contribution in [0.5, 0.6) is 0 Å². The van der Waals surface area contributed by atoms with Crippen molar-refractivity contribution in [2.75, 3.05) is 12.8 Å². The van der Waals surface area contributed by atoms with Crippen LogP contribution in [0.4, 0.5) is 0 Å². The number of esters is 1. The van der Waals surface area contributed by atoms with Gasteiger partial charge in [0, 0.05) is 0 Å². The Morgan fingerprint density at radius 3 is 2.38 bits per heavy atom. The highest BCUT2D eigenvalue weighted by atomic mass is 31.2. The molecule has 0 aliphatic heterocycles. The highest BCUT2D eigenvalue weighted by Crippen LogP contribution is 2.39. The molecular formula is C10H21O5P. The Bertz CT molecular complexity index is 268. The number of ether oxygens (including phenoxy) is 1. The molecule has 6 heteroatoms. The minimum Gasteiger partial charge on any atom is -0.465 e. The zero-order valence-corrected chi connectivity index (χ0v) is 11.0. The molecule has 0 aliphatic rings. The first-order valence-electron chi connectivity index (χ1n) is 5.41. The van der Waals surface area contributed by atoms with E-state index in [9.17, 15) is 9.36 Å². The summed E-state index contributed by atoms with van der Waals surface area (Å²) in [4.78, 5) is 29.1. The number of hydrogen-bond acceptors (Lipinski definition) is 3. The third-order valence-corrected chi connectivity index (χ3v) is 3.12. The highest BCUT2D eigenvalue weighted by Gasteiger charge is 2.31. The summed E-state index contributed by atoms with van der Waals surface area (Å²) >= 11 is 0. The molecular weight excluding hydrogens is 231 g/mol. The van der Waals surface area contributed by atoms with Gasteiger partial charge in [0.25, 0.3) is 0 Å². The van der Waals surface area contributed by atoms with Crippen LogP contribution >= 0.6 is 7.60 Å². The van der Waals surface area contributed by atoms with Crippen molar-refractivity contribution >= 4 is 13.6 Å². The van der Waals surface area contributed by atoms with Crippen molar-refractivity contribution in [3.05, 3.63) is 0 Å². The van der Waals surface area contributed by atoms with Crippen molar-refractivity contribution in [3.63, 3.8) is 0 Å². The molecule has 0 amide bonds. The molecule has 0 heterocycles. The number of rotatable bonds is 7. The van der Waals surface area contributed by atoms with Crippen molar-refractivity contribution in [1.29, 1.82) is 0 Å². The fourth-order valence-corrected chi connectivity index (χ4v) is 1.88. The van der Waals surface area contributed by atoms with Gasteiger partial charge in [0.05, 0.1) is 18.2 Å². The molecule has 0 aromatic carbocycles. The number of unbranched alkanes of at least 4 members (excludes halogenated alkanes) is 1. The van der Waals surface area contributed by atoms with Crippen molar-refractivity contribution < 1.29 is 23.9 Å². The van der Waals surface area contributed by atoms with Crippen molar-refractivity contribution in [3.8, 4) is 0 Å². The minimum atomic E-state index is -4.04. The Morgan fingerprint density at radius 2 is 1.94 bits per heavy atom. The maximum absolute atomic E-state index is 11.6. The second-order valence-electron chi connectivity index (χ2n) is 4.51. The SMILES string of the molecule is CCCCOC(=O)C(C)(C)CCP(=O)(O)O. The highest BCUT2D eigenvalue weighted by molar-refractivity contribution is 7.51. The van der Waals surface area contributed by atoms with E-state index in [1.165, 1.54) is 0 Å². The van der Waals surface area contributed by atoms with Gasteiger partial charge in [-0.05, 0) is 26.7 Å². The lowest BCUT2D eigenvalue weighted by Gasteiger charge is -2.22. The molecule has 0 aromatic heterocycles. The van der Waals surface area contributed by atoms with Crippen LogP contribution in [0, 0.1) is 5.41 Å². The van der Waals surface area contributed by atoms with Gasteiger partial charge in [-0.3, -0.25) is 9.36 Å².